The number of hydrogen-bond acceptors (Lipinski definition) is 3. The third-order valence-corrected chi connectivity index (χ3v) is 5.70. The number of benzene rings is 2. The van der Waals surface area contributed by atoms with Gasteiger partial charge in [-0.25, -0.2) is 4.79 Å². The molecule has 0 spiro atoms. The van der Waals surface area contributed by atoms with Crippen LogP contribution in [-0.2, 0) is 15.3 Å². The molecule has 0 amide bonds. The fourth-order valence-electron chi connectivity index (χ4n) is 4.06. The Labute approximate surface area is 175 Å². The number of hydrogen-bond donors (Lipinski definition) is 0. The van der Waals surface area contributed by atoms with Gasteiger partial charge in [0.15, 0.2) is 0 Å². The number of cyclic esters (lactones) is 1. The first-order valence-corrected chi connectivity index (χ1v) is 11.3. The van der Waals surface area contributed by atoms with Crippen molar-refractivity contribution in [1.29, 1.82) is 0 Å². The maximum absolute atomic E-state index is 12.5. The van der Waals surface area contributed by atoms with Crippen molar-refractivity contribution < 1.29 is 14.3 Å². The summed E-state index contributed by atoms with van der Waals surface area (Å²) in [5.41, 5.74) is 2.27. The zero-order chi connectivity index (χ0) is 20.4. The maximum Gasteiger partial charge on any atom is 0.341 e. The zero-order valence-corrected chi connectivity index (χ0v) is 17.7. The van der Waals surface area contributed by atoms with E-state index >= 15 is 0 Å². The molecule has 1 aliphatic rings. The summed E-state index contributed by atoms with van der Waals surface area (Å²) in [5.74, 6) is -1.43. The Hall–Kier alpha value is -2.13. The van der Waals surface area contributed by atoms with Crippen LogP contribution >= 0.6 is 0 Å². The quantitative estimate of drug-likeness (QED) is 0.271. The van der Waals surface area contributed by atoms with Gasteiger partial charge < -0.3 is 9.47 Å². The number of fused-ring (bicyclic) bond motifs is 1. The summed E-state index contributed by atoms with van der Waals surface area (Å²) < 4.78 is 12.1. The van der Waals surface area contributed by atoms with Gasteiger partial charge in [-0.2, -0.15) is 0 Å². The van der Waals surface area contributed by atoms with Gasteiger partial charge in [0.05, 0.1) is 12.2 Å². The minimum Gasteiger partial charge on any atom is -0.420 e. The van der Waals surface area contributed by atoms with Crippen LogP contribution in [0.25, 0.3) is 0 Å². The molecule has 2 aromatic carbocycles. The van der Waals surface area contributed by atoms with Crippen molar-refractivity contribution in [3.63, 3.8) is 0 Å². The topological polar surface area (TPSA) is 35.5 Å². The first kappa shape index (κ1) is 21.6. The van der Waals surface area contributed by atoms with E-state index in [9.17, 15) is 4.79 Å². The van der Waals surface area contributed by atoms with Gasteiger partial charge in [0.1, 0.15) is 0 Å². The first-order valence-electron chi connectivity index (χ1n) is 11.3. The van der Waals surface area contributed by atoms with E-state index in [1.165, 1.54) is 51.4 Å². The molecule has 3 rings (SSSR count). The van der Waals surface area contributed by atoms with Gasteiger partial charge in [-0.3, -0.25) is 0 Å². The van der Waals surface area contributed by atoms with Gasteiger partial charge in [-0.15, -0.1) is 0 Å². The van der Waals surface area contributed by atoms with Crippen LogP contribution < -0.4 is 0 Å². The molecule has 0 saturated carbocycles. The summed E-state index contributed by atoms with van der Waals surface area (Å²) in [6, 6.07) is 17.3. The van der Waals surface area contributed by atoms with Crippen molar-refractivity contribution in [1.82, 2.24) is 0 Å². The maximum atomic E-state index is 12.5. The van der Waals surface area contributed by atoms with Crippen LogP contribution in [0.1, 0.15) is 92.6 Å². The van der Waals surface area contributed by atoms with Gasteiger partial charge in [0.2, 0.25) is 0 Å². The van der Waals surface area contributed by atoms with E-state index in [2.05, 4.69) is 6.92 Å². The van der Waals surface area contributed by atoms with E-state index < -0.39 is 5.79 Å². The molecule has 0 bridgehead atoms. The third kappa shape index (κ3) is 5.48. The second-order valence-corrected chi connectivity index (χ2v) is 7.95. The Balaban J connectivity index is 1.50. The van der Waals surface area contributed by atoms with E-state index in [0.717, 1.165) is 24.0 Å². The monoisotopic (exact) mass is 394 g/mol. The van der Waals surface area contributed by atoms with Crippen molar-refractivity contribution >= 4 is 5.97 Å². The summed E-state index contributed by atoms with van der Waals surface area (Å²) in [6.45, 7) is 2.84. The highest BCUT2D eigenvalue weighted by atomic mass is 16.7. The second kappa shape index (κ2) is 11.2. The molecule has 2 aromatic rings. The smallest absolute Gasteiger partial charge is 0.341 e. The average molecular weight is 395 g/mol. The number of unbranched alkanes of at least 4 members (excludes halogenated alkanes) is 9. The molecular weight excluding hydrogens is 360 g/mol. The molecule has 3 heteroatoms. The fraction of sp³-hybridized carbons (Fsp3) is 0.500. The largest absolute Gasteiger partial charge is 0.420 e. The predicted molar refractivity (Wildman–Crippen MR) is 117 cm³/mol. The lowest BCUT2D eigenvalue weighted by atomic mass is 9.95. The van der Waals surface area contributed by atoms with E-state index in [4.69, 9.17) is 9.47 Å². The molecule has 29 heavy (non-hydrogen) atoms. The summed E-state index contributed by atoms with van der Waals surface area (Å²) in [5, 5.41) is 0. The Morgan fingerprint density at radius 3 is 2.03 bits per heavy atom. The number of carbonyl (C=O) groups is 1. The average Bonchev–Trinajstić information content (AvgIpc) is 3.06. The molecule has 0 fully saturated rings. The molecule has 1 unspecified atom stereocenters. The third-order valence-electron chi connectivity index (χ3n) is 5.70. The molecule has 1 atom stereocenters. The first-order chi connectivity index (χ1) is 14.3. The highest BCUT2D eigenvalue weighted by Gasteiger charge is 2.48. The Kier molecular flexibility index (Phi) is 8.30. The molecular formula is C26H34O3. The molecule has 1 heterocycles. The van der Waals surface area contributed by atoms with Crippen molar-refractivity contribution in [2.75, 3.05) is 6.61 Å². The Bertz CT molecular complexity index is 756. The minimum absolute atomic E-state index is 0.312. The van der Waals surface area contributed by atoms with Crippen molar-refractivity contribution in [2.45, 2.75) is 76.9 Å². The Morgan fingerprint density at radius 1 is 0.759 bits per heavy atom. The van der Waals surface area contributed by atoms with Gasteiger partial charge >= 0.3 is 5.97 Å². The summed E-state index contributed by atoms with van der Waals surface area (Å²) in [7, 11) is 0. The van der Waals surface area contributed by atoms with Crippen molar-refractivity contribution in [3.05, 3.63) is 71.3 Å². The highest BCUT2D eigenvalue weighted by molar-refractivity contribution is 5.95. The van der Waals surface area contributed by atoms with E-state index in [-0.39, 0.29) is 5.97 Å². The van der Waals surface area contributed by atoms with Gasteiger partial charge in [0, 0.05) is 11.1 Å². The van der Waals surface area contributed by atoms with Gasteiger partial charge in [-0.1, -0.05) is 113 Å². The van der Waals surface area contributed by atoms with Crippen molar-refractivity contribution in [3.8, 4) is 0 Å². The van der Waals surface area contributed by atoms with Gasteiger partial charge in [-0.05, 0) is 12.5 Å². The standard InChI is InChI=1S/C26H34O3/c1-2-3-4-5-6-7-8-9-10-16-21-28-26(22-17-12-11-13-18-22)24-20-15-14-19-23(24)25(27)29-26/h11-15,17-20H,2-10,16,21H2,1H3. The second-order valence-electron chi connectivity index (χ2n) is 7.95. The molecule has 0 radical (unpaired) electrons. The predicted octanol–water partition coefficient (Wildman–Crippen LogP) is 7.00. The molecule has 0 aliphatic carbocycles. The van der Waals surface area contributed by atoms with Crippen LogP contribution in [0.3, 0.4) is 0 Å². The number of carbonyl (C=O) groups excluding carboxylic acids is 1. The highest BCUT2D eigenvalue weighted by Crippen LogP contribution is 2.42. The summed E-state index contributed by atoms with van der Waals surface area (Å²) in [4.78, 5) is 12.5. The Morgan fingerprint density at radius 2 is 1.34 bits per heavy atom. The lowest BCUT2D eigenvalue weighted by Crippen LogP contribution is -2.32. The number of ether oxygens (including phenoxy) is 2. The number of rotatable bonds is 13. The minimum atomic E-state index is -1.12. The van der Waals surface area contributed by atoms with Crippen molar-refractivity contribution in [2.24, 2.45) is 0 Å². The molecule has 156 valence electrons. The number of esters is 1. The van der Waals surface area contributed by atoms with Gasteiger partial charge in [0.25, 0.3) is 5.79 Å². The van der Waals surface area contributed by atoms with Crippen LogP contribution in [-0.4, -0.2) is 12.6 Å². The van der Waals surface area contributed by atoms with Crippen LogP contribution in [0.5, 0.6) is 0 Å². The van der Waals surface area contributed by atoms with E-state index in [1.807, 2.05) is 54.6 Å². The molecule has 3 nitrogen and oxygen atoms in total. The molecule has 0 aromatic heterocycles. The summed E-state index contributed by atoms with van der Waals surface area (Å²) in [6.07, 6.45) is 12.8. The molecule has 0 saturated heterocycles. The lowest BCUT2D eigenvalue weighted by Gasteiger charge is -2.29. The van der Waals surface area contributed by atoms with Crippen LogP contribution in [0.2, 0.25) is 0 Å². The SMILES string of the molecule is CCCCCCCCCCCCOC1(c2ccccc2)OC(=O)c2ccccc21. The van der Waals surface area contributed by atoms with Crippen LogP contribution in [0.15, 0.2) is 54.6 Å². The molecule has 1 aliphatic heterocycles. The van der Waals surface area contributed by atoms with Crippen LogP contribution in [0.4, 0.5) is 0 Å². The summed E-state index contributed by atoms with van der Waals surface area (Å²) >= 11 is 0. The zero-order valence-electron chi connectivity index (χ0n) is 17.7. The lowest BCUT2D eigenvalue weighted by molar-refractivity contribution is -0.174. The normalized spacial score (nSPS) is 17.9. The fourth-order valence-corrected chi connectivity index (χ4v) is 4.06. The van der Waals surface area contributed by atoms with E-state index in [1.54, 1.807) is 0 Å². The van der Waals surface area contributed by atoms with Crippen LogP contribution in [0, 0.1) is 0 Å². The van der Waals surface area contributed by atoms with E-state index in [0.29, 0.717) is 12.2 Å². The molecule has 0 N–H and O–H groups in total.